The fourth-order valence-corrected chi connectivity index (χ4v) is 3.40. The predicted octanol–water partition coefficient (Wildman–Crippen LogP) is 4.22. The fraction of sp³-hybridized carbons (Fsp3) is 0.333. The minimum Gasteiger partial charge on any atom is -0.378 e. The van der Waals surface area contributed by atoms with E-state index in [1.807, 2.05) is 32.0 Å². The summed E-state index contributed by atoms with van der Waals surface area (Å²) in [4.78, 5) is 11.8. The van der Waals surface area contributed by atoms with Gasteiger partial charge >= 0.3 is 0 Å². The Labute approximate surface area is 140 Å². The Morgan fingerprint density at radius 2 is 1.74 bits per heavy atom. The third-order valence-corrected chi connectivity index (χ3v) is 4.53. The first-order chi connectivity index (χ1) is 11.4. The highest BCUT2D eigenvalue weighted by Gasteiger charge is 2.18. The van der Waals surface area contributed by atoms with E-state index >= 15 is 0 Å². The molecule has 0 saturated carbocycles. The van der Waals surface area contributed by atoms with E-state index < -0.39 is 0 Å². The quantitative estimate of drug-likeness (QED) is 0.706. The molecule has 1 aliphatic rings. The Morgan fingerprint density at radius 3 is 2.48 bits per heavy atom. The van der Waals surface area contributed by atoms with Gasteiger partial charge in [0.1, 0.15) is 0 Å². The number of hydrogen-bond acceptors (Lipinski definition) is 5. The second kappa shape index (κ2) is 7.53. The van der Waals surface area contributed by atoms with E-state index in [1.165, 1.54) is 0 Å². The SMILES string of the molecule is CC.c1ccc(-c2nc(N3CCOCC3)c3sccc3n2)cc1. The molecular weight excluding hydrogens is 306 g/mol. The molecule has 1 fully saturated rings. The van der Waals surface area contributed by atoms with Crippen LogP contribution in [0.1, 0.15) is 13.8 Å². The minimum atomic E-state index is 0.761. The number of hydrogen-bond donors (Lipinski definition) is 0. The van der Waals surface area contributed by atoms with Crippen LogP contribution in [0.3, 0.4) is 0 Å². The van der Waals surface area contributed by atoms with Gasteiger partial charge in [-0.2, -0.15) is 0 Å². The summed E-state index contributed by atoms with van der Waals surface area (Å²) in [6.45, 7) is 7.30. The molecule has 0 bridgehead atoms. The first-order valence-corrected chi connectivity index (χ1v) is 8.93. The van der Waals surface area contributed by atoms with Gasteiger partial charge in [0, 0.05) is 18.7 Å². The van der Waals surface area contributed by atoms with Gasteiger partial charge < -0.3 is 9.64 Å². The lowest BCUT2D eigenvalue weighted by molar-refractivity contribution is 0.122. The normalized spacial score (nSPS) is 14.4. The maximum absolute atomic E-state index is 5.45. The smallest absolute Gasteiger partial charge is 0.162 e. The van der Waals surface area contributed by atoms with Crippen LogP contribution in [0.25, 0.3) is 21.6 Å². The van der Waals surface area contributed by atoms with Crippen molar-refractivity contribution in [1.29, 1.82) is 0 Å². The molecule has 0 unspecified atom stereocenters. The second-order valence-electron chi connectivity index (χ2n) is 4.97. The highest BCUT2D eigenvalue weighted by molar-refractivity contribution is 7.17. The van der Waals surface area contributed by atoms with Crippen LogP contribution < -0.4 is 4.90 Å². The second-order valence-corrected chi connectivity index (χ2v) is 5.89. The fourth-order valence-electron chi connectivity index (χ4n) is 2.55. The third kappa shape index (κ3) is 3.35. The van der Waals surface area contributed by atoms with Crippen molar-refractivity contribution in [3.8, 4) is 11.4 Å². The van der Waals surface area contributed by atoms with Crippen LogP contribution in [0.4, 0.5) is 5.82 Å². The molecular formula is C18H21N3OS. The summed E-state index contributed by atoms with van der Waals surface area (Å²) in [7, 11) is 0. The van der Waals surface area contributed by atoms with Gasteiger partial charge in [-0.25, -0.2) is 9.97 Å². The Balaban J connectivity index is 0.000000753. The van der Waals surface area contributed by atoms with Crippen molar-refractivity contribution in [3.63, 3.8) is 0 Å². The zero-order valence-corrected chi connectivity index (χ0v) is 14.3. The van der Waals surface area contributed by atoms with Crippen LogP contribution in [0.5, 0.6) is 0 Å². The van der Waals surface area contributed by atoms with Gasteiger partial charge in [-0.1, -0.05) is 44.2 Å². The minimum absolute atomic E-state index is 0.761. The first kappa shape index (κ1) is 15.9. The molecule has 0 atom stereocenters. The Morgan fingerprint density at radius 1 is 1.00 bits per heavy atom. The Kier molecular flexibility index (Phi) is 5.20. The summed E-state index contributed by atoms with van der Waals surface area (Å²) in [6, 6.07) is 12.2. The van der Waals surface area contributed by atoms with Crippen molar-refractivity contribution in [2.24, 2.45) is 0 Å². The number of ether oxygens (including phenoxy) is 1. The zero-order chi connectivity index (χ0) is 16.1. The van der Waals surface area contributed by atoms with E-state index in [1.54, 1.807) is 11.3 Å². The van der Waals surface area contributed by atoms with E-state index in [4.69, 9.17) is 14.7 Å². The number of morpholine rings is 1. The molecule has 2 aromatic heterocycles. The molecule has 0 N–H and O–H groups in total. The highest BCUT2D eigenvalue weighted by Crippen LogP contribution is 2.31. The summed E-state index contributed by atoms with van der Waals surface area (Å²) in [5, 5.41) is 2.08. The lowest BCUT2D eigenvalue weighted by atomic mass is 10.2. The Hall–Kier alpha value is -1.98. The van der Waals surface area contributed by atoms with Crippen molar-refractivity contribution in [2.45, 2.75) is 13.8 Å². The maximum Gasteiger partial charge on any atom is 0.162 e. The number of anilines is 1. The van der Waals surface area contributed by atoms with Crippen LogP contribution >= 0.6 is 11.3 Å². The van der Waals surface area contributed by atoms with E-state index in [2.05, 4.69) is 28.5 Å². The molecule has 5 heteroatoms. The summed E-state index contributed by atoms with van der Waals surface area (Å²) in [5.41, 5.74) is 2.08. The van der Waals surface area contributed by atoms with Crippen molar-refractivity contribution in [3.05, 3.63) is 41.8 Å². The number of nitrogens with zero attached hydrogens (tertiary/aromatic N) is 3. The van der Waals surface area contributed by atoms with Gasteiger partial charge in [0.15, 0.2) is 11.6 Å². The van der Waals surface area contributed by atoms with E-state index in [0.29, 0.717) is 0 Å². The molecule has 0 amide bonds. The first-order valence-electron chi connectivity index (χ1n) is 8.05. The lowest BCUT2D eigenvalue weighted by Crippen LogP contribution is -2.36. The van der Waals surface area contributed by atoms with Crippen LogP contribution in [-0.2, 0) is 4.74 Å². The molecule has 120 valence electrons. The van der Waals surface area contributed by atoms with Crippen LogP contribution in [0, 0.1) is 0 Å². The van der Waals surface area contributed by atoms with E-state index in [0.717, 1.165) is 53.7 Å². The summed E-state index contributed by atoms with van der Waals surface area (Å²) < 4.78 is 6.61. The molecule has 1 saturated heterocycles. The van der Waals surface area contributed by atoms with Gasteiger partial charge in [-0.05, 0) is 11.4 Å². The maximum atomic E-state index is 5.45. The summed E-state index contributed by atoms with van der Waals surface area (Å²) in [6.07, 6.45) is 0. The number of fused-ring (bicyclic) bond motifs is 1. The lowest BCUT2D eigenvalue weighted by Gasteiger charge is -2.28. The molecule has 1 aliphatic heterocycles. The summed E-state index contributed by atoms with van der Waals surface area (Å²) >= 11 is 1.70. The Bertz CT molecular complexity index is 751. The molecule has 0 spiro atoms. The van der Waals surface area contributed by atoms with Crippen molar-refractivity contribution in [2.75, 3.05) is 31.2 Å². The van der Waals surface area contributed by atoms with Crippen molar-refractivity contribution >= 4 is 27.4 Å². The molecule has 1 aromatic carbocycles. The molecule has 23 heavy (non-hydrogen) atoms. The zero-order valence-electron chi connectivity index (χ0n) is 13.5. The van der Waals surface area contributed by atoms with Gasteiger partial charge in [0.2, 0.25) is 0 Å². The van der Waals surface area contributed by atoms with Gasteiger partial charge in [0.25, 0.3) is 0 Å². The average molecular weight is 327 g/mol. The topological polar surface area (TPSA) is 38.2 Å². The average Bonchev–Trinajstić information content (AvgIpc) is 3.13. The predicted molar refractivity (Wildman–Crippen MR) is 97.2 cm³/mol. The number of benzene rings is 1. The molecule has 0 radical (unpaired) electrons. The molecule has 4 rings (SSSR count). The standard InChI is InChI=1S/C16H15N3OS.C2H6/c1-2-4-12(5-3-1)15-17-13-6-11-21-14(13)16(18-15)19-7-9-20-10-8-19;1-2/h1-6,11H,7-10H2;1-2H3. The molecule has 3 heterocycles. The van der Waals surface area contributed by atoms with E-state index in [-0.39, 0.29) is 0 Å². The third-order valence-electron chi connectivity index (χ3n) is 3.63. The van der Waals surface area contributed by atoms with Crippen molar-refractivity contribution < 1.29 is 4.74 Å². The van der Waals surface area contributed by atoms with Gasteiger partial charge in [-0.15, -0.1) is 11.3 Å². The number of aromatic nitrogens is 2. The number of thiophene rings is 1. The van der Waals surface area contributed by atoms with Crippen LogP contribution in [-0.4, -0.2) is 36.3 Å². The highest BCUT2D eigenvalue weighted by atomic mass is 32.1. The van der Waals surface area contributed by atoms with Gasteiger partial charge in [0.05, 0.1) is 23.4 Å². The number of rotatable bonds is 2. The van der Waals surface area contributed by atoms with Crippen molar-refractivity contribution in [1.82, 2.24) is 9.97 Å². The monoisotopic (exact) mass is 327 g/mol. The molecule has 0 aliphatic carbocycles. The largest absolute Gasteiger partial charge is 0.378 e. The molecule has 3 aromatic rings. The van der Waals surface area contributed by atoms with Crippen LogP contribution in [0.15, 0.2) is 41.8 Å². The van der Waals surface area contributed by atoms with Crippen LogP contribution in [0.2, 0.25) is 0 Å². The molecule has 4 nitrogen and oxygen atoms in total. The summed E-state index contributed by atoms with van der Waals surface area (Å²) in [5.74, 6) is 1.83. The van der Waals surface area contributed by atoms with Gasteiger partial charge in [-0.3, -0.25) is 0 Å². The van der Waals surface area contributed by atoms with E-state index in [9.17, 15) is 0 Å².